The molecular weight excluding hydrogens is 400 g/mol. The van der Waals surface area contributed by atoms with Gasteiger partial charge in [-0.3, -0.25) is 19.2 Å². The molecule has 8 N–H and O–H groups in total. The molecule has 5 atom stereocenters. The number of rotatable bonds is 13. The number of hydrogen-bond donors (Lipinski definition) is 7. The zero-order chi connectivity index (χ0) is 23.6. The Kier molecular flexibility index (Phi) is 11.6. The highest BCUT2D eigenvalue weighted by Crippen LogP contribution is 2.11. The highest BCUT2D eigenvalue weighted by Gasteiger charge is 2.33. The summed E-state index contributed by atoms with van der Waals surface area (Å²) in [4.78, 5) is 59.2. The summed E-state index contributed by atoms with van der Waals surface area (Å²) in [6.07, 6.45) is -0.133. The third-order valence-electron chi connectivity index (χ3n) is 4.57. The first kappa shape index (κ1) is 27.3. The van der Waals surface area contributed by atoms with Gasteiger partial charge in [0.1, 0.15) is 18.1 Å². The van der Waals surface area contributed by atoms with Crippen LogP contribution in [-0.4, -0.2) is 75.8 Å². The SMILES string of the molecule is CCC(C)C(NC(=O)C(N)CC(=O)O)C(=O)NC(C(=O)NC(CO)C(=O)O)C(C)C. The fourth-order valence-electron chi connectivity index (χ4n) is 2.47. The third kappa shape index (κ3) is 8.74. The molecule has 0 aromatic carbocycles. The summed E-state index contributed by atoms with van der Waals surface area (Å²) in [5.41, 5.74) is 5.54. The Bertz CT molecular complexity index is 640. The minimum absolute atomic E-state index is 0.369. The predicted molar refractivity (Wildman–Crippen MR) is 105 cm³/mol. The highest BCUT2D eigenvalue weighted by atomic mass is 16.4. The predicted octanol–water partition coefficient (Wildman–Crippen LogP) is -1.98. The van der Waals surface area contributed by atoms with Gasteiger partial charge in [-0.2, -0.15) is 0 Å². The van der Waals surface area contributed by atoms with Gasteiger partial charge in [-0.05, 0) is 11.8 Å². The van der Waals surface area contributed by atoms with Crippen molar-refractivity contribution < 1.29 is 39.3 Å². The Morgan fingerprint density at radius 2 is 1.37 bits per heavy atom. The fourth-order valence-corrected chi connectivity index (χ4v) is 2.47. The van der Waals surface area contributed by atoms with E-state index in [0.29, 0.717) is 6.42 Å². The molecule has 0 aliphatic heterocycles. The van der Waals surface area contributed by atoms with Gasteiger partial charge in [-0.25, -0.2) is 4.79 Å². The lowest BCUT2D eigenvalue weighted by Gasteiger charge is -2.29. The van der Waals surface area contributed by atoms with E-state index in [1.807, 2.05) is 0 Å². The van der Waals surface area contributed by atoms with Gasteiger partial charge in [0.05, 0.1) is 19.1 Å². The molecule has 0 saturated carbocycles. The zero-order valence-electron chi connectivity index (χ0n) is 17.5. The van der Waals surface area contributed by atoms with Crippen LogP contribution in [0.5, 0.6) is 0 Å². The summed E-state index contributed by atoms with van der Waals surface area (Å²) in [6.45, 7) is 5.88. The van der Waals surface area contributed by atoms with Crippen LogP contribution in [0.3, 0.4) is 0 Å². The van der Waals surface area contributed by atoms with E-state index in [4.69, 9.17) is 21.1 Å². The first-order valence-corrected chi connectivity index (χ1v) is 9.57. The van der Waals surface area contributed by atoms with Gasteiger partial charge in [-0.1, -0.05) is 34.1 Å². The summed E-state index contributed by atoms with van der Waals surface area (Å²) < 4.78 is 0. The van der Waals surface area contributed by atoms with Crippen LogP contribution >= 0.6 is 0 Å². The Balaban J connectivity index is 5.41. The molecule has 0 rings (SSSR count). The summed E-state index contributed by atoms with van der Waals surface area (Å²) >= 11 is 0. The summed E-state index contributed by atoms with van der Waals surface area (Å²) in [5.74, 6) is -5.85. The van der Waals surface area contributed by atoms with E-state index in [0.717, 1.165) is 0 Å². The lowest BCUT2D eigenvalue weighted by atomic mass is 9.96. The van der Waals surface area contributed by atoms with Crippen LogP contribution in [-0.2, 0) is 24.0 Å². The van der Waals surface area contributed by atoms with Crippen LogP contribution in [0, 0.1) is 11.8 Å². The van der Waals surface area contributed by atoms with Gasteiger partial charge in [-0.15, -0.1) is 0 Å². The van der Waals surface area contributed by atoms with Crippen molar-refractivity contribution >= 4 is 29.7 Å². The standard InChI is InChI=1S/C18H32N4O8/c1-5-9(4)14(22-15(26)10(19)6-12(24)25)17(28)21-13(8(2)3)16(27)20-11(7-23)18(29)30/h8-11,13-14,23H,5-7,19H2,1-4H3,(H,20,27)(H,21,28)(H,22,26)(H,24,25)(H,29,30). The van der Waals surface area contributed by atoms with Crippen molar-refractivity contribution in [1.29, 1.82) is 0 Å². The van der Waals surface area contributed by atoms with Gasteiger partial charge < -0.3 is 37.0 Å². The molecule has 30 heavy (non-hydrogen) atoms. The molecule has 0 aromatic rings. The van der Waals surface area contributed by atoms with Gasteiger partial charge in [0.25, 0.3) is 0 Å². The number of aliphatic hydroxyl groups is 1. The number of carbonyl (C=O) groups excluding carboxylic acids is 3. The van der Waals surface area contributed by atoms with E-state index in [-0.39, 0.29) is 5.92 Å². The van der Waals surface area contributed by atoms with Gasteiger partial charge in [0.15, 0.2) is 0 Å². The fraction of sp³-hybridized carbons (Fsp3) is 0.722. The number of nitrogens with two attached hydrogens (primary N) is 1. The van der Waals surface area contributed by atoms with Crippen LogP contribution in [0.15, 0.2) is 0 Å². The summed E-state index contributed by atoms with van der Waals surface area (Å²) in [6, 6.07) is -5.12. The summed E-state index contributed by atoms with van der Waals surface area (Å²) in [7, 11) is 0. The number of aliphatic hydroxyl groups excluding tert-OH is 1. The van der Waals surface area contributed by atoms with Gasteiger partial charge in [0, 0.05) is 0 Å². The molecule has 0 fully saturated rings. The van der Waals surface area contributed by atoms with Crippen LogP contribution in [0.1, 0.15) is 40.5 Å². The molecule has 0 aliphatic rings. The monoisotopic (exact) mass is 432 g/mol. The van der Waals surface area contributed by atoms with E-state index < -0.39 is 72.8 Å². The minimum Gasteiger partial charge on any atom is -0.481 e. The molecule has 0 bridgehead atoms. The van der Waals surface area contributed by atoms with E-state index in [9.17, 15) is 24.0 Å². The number of amides is 3. The van der Waals surface area contributed by atoms with Crippen molar-refractivity contribution in [3.63, 3.8) is 0 Å². The molecule has 0 saturated heterocycles. The topological polar surface area (TPSA) is 208 Å². The van der Waals surface area contributed by atoms with Crippen LogP contribution in [0.4, 0.5) is 0 Å². The van der Waals surface area contributed by atoms with Crippen LogP contribution in [0.25, 0.3) is 0 Å². The zero-order valence-corrected chi connectivity index (χ0v) is 17.5. The molecule has 172 valence electrons. The van der Waals surface area contributed by atoms with E-state index in [1.165, 1.54) is 0 Å². The molecule has 5 unspecified atom stereocenters. The van der Waals surface area contributed by atoms with Crippen molar-refractivity contribution in [2.45, 2.75) is 64.7 Å². The maximum absolute atomic E-state index is 12.8. The second kappa shape index (κ2) is 12.8. The smallest absolute Gasteiger partial charge is 0.328 e. The average Bonchev–Trinajstić information content (AvgIpc) is 2.65. The maximum atomic E-state index is 12.8. The van der Waals surface area contributed by atoms with E-state index >= 15 is 0 Å². The lowest BCUT2D eigenvalue weighted by molar-refractivity contribution is -0.143. The number of aliphatic carboxylic acids is 2. The molecule has 12 heteroatoms. The minimum atomic E-state index is -1.53. The number of carbonyl (C=O) groups is 5. The Morgan fingerprint density at radius 3 is 1.77 bits per heavy atom. The molecule has 0 heterocycles. The number of carboxylic acid groups (broad SMARTS) is 2. The van der Waals surface area contributed by atoms with Gasteiger partial charge in [0.2, 0.25) is 17.7 Å². The molecule has 0 aliphatic carbocycles. The van der Waals surface area contributed by atoms with Crippen molar-refractivity contribution in [2.24, 2.45) is 17.6 Å². The first-order chi connectivity index (χ1) is 13.8. The maximum Gasteiger partial charge on any atom is 0.328 e. The molecular formula is C18H32N4O8. The highest BCUT2D eigenvalue weighted by molar-refractivity contribution is 5.95. The molecule has 0 aromatic heterocycles. The quantitative estimate of drug-likeness (QED) is 0.172. The molecule has 3 amide bonds. The lowest BCUT2D eigenvalue weighted by Crippen LogP contribution is -2.60. The molecule has 0 radical (unpaired) electrons. The van der Waals surface area contributed by atoms with Crippen molar-refractivity contribution in [1.82, 2.24) is 16.0 Å². The number of nitrogens with one attached hydrogen (secondary N) is 3. The first-order valence-electron chi connectivity index (χ1n) is 9.57. The van der Waals surface area contributed by atoms with Crippen LogP contribution in [0.2, 0.25) is 0 Å². The van der Waals surface area contributed by atoms with Crippen LogP contribution < -0.4 is 21.7 Å². The second-order valence-electron chi connectivity index (χ2n) is 7.39. The third-order valence-corrected chi connectivity index (χ3v) is 4.57. The van der Waals surface area contributed by atoms with E-state index in [1.54, 1.807) is 27.7 Å². The molecule has 0 spiro atoms. The number of hydrogen-bond acceptors (Lipinski definition) is 7. The van der Waals surface area contributed by atoms with Crippen molar-refractivity contribution in [3.8, 4) is 0 Å². The van der Waals surface area contributed by atoms with Crippen molar-refractivity contribution in [2.75, 3.05) is 6.61 Å². The Hall–Kier alpha value is -2.73. The van der Waals surface area contributed by atoms with Crippen molar-refractivity contribution in [3.05, 3.63) is 0 Å². The second-order valence-corrected chi connectivity index (χ2v) is 7.39. The largest absolute Gasteiger partial charge is 0.481 e. The van der Waals surface area contributed by atoms with E-state index in [2.05, 4.69) is 16.0 Å². The van der Waals surface area contributed by atoms with Gasteiger partial charge >= 0.3 is 11.9 Å². The normalized spacial score (nSPS) is 16.0. The summed E-state index contributed by atoms with van der Waals surface area (Å²) in [5, 5.41) is 33.8. The Morgan fingerprint density at radius 1 is 0.867 bits per heavy atom. The molecule has 12 nitrogen and oxygen atoms in total. The number of carboxylic acids is 2. The average molecular weight is 432 g/mol. The Labute approximate surface area is 174 Å².